The van der Waals surface area contributed by atoms with Gasteiger partial charge in [-0.25, -0.2) is 0 Å². The summed E-state index contributed by atoms with van der Waals surface area (Å²) in [5.41, 5.74) is 0. The van der Waals surface area contributed by atoms with Crippen LogP contribution in [-0.4, -0.2) is 48.3 Å². The van der Waals surface area contributed by atoms with E-state index < -0.39 is 0 Å². The van der Waals surface area contributed by atoms with Crippen molar-refractivity contribution in [2.24, 2.45) is 0 Å². The summed E-state index contributed by atoms with van der Waals surface area (Å²) < 4.78 is 4.77. The Bertz CT molecular complexity index is 184. The van der Waals surface area contributed by atoms with Gasteiger partial charge >= 0.3 is 0 Å². The highest BCUT2D eigenvalue weighted by Gasteiger charge is 2.27. The van der Waals surface area contributed by atoms with Crippen molar-refractivity contribution in [3.63, 3.8) is 0 Å². The number of β-amino-alcohol motifs (C(OH)–C–C–N with tert-alkyl or cyclic N) is 1. The summed E-state index contributed by atoms with van der Waals surface area (Å²) in [6.45, 7) is 2.56. The van der Waals surface area contributed by atoms with E-state index in [-0.39, 0.29) is 24.7 Å². The minimum Gasteiger partial charge on any atom is -0.391 e. The Kier molecular flexibility index (Phi) is 3.69. The summed E-state index contributed by atoms with van der Waals surface area (Å²) >= 11 is 0. The Morgan fingerprint density at radius 2 is 2.31 bits per heavy atom. The van der Waals surface area contributed by atoms with Gasteiger partial charge in [0.15, 0.2) is 0 Å². The molecule has 4 heteroatoms. The molecule has 4 nitrogen and oxygen atoms in total. The molecule has 1 heterocycles. The minimum atomic E-state index is -0.364. The first kappa shape index (κ1) is 10.5. The van der Waals surface area contributed by atoms with Gasteiger partial charge in [0.05, 0.1) is 6.10 Å². The van der Waals surface area contributed by atoms with Crippen molar-refractivity contribution in [2.45, 2.75) is 31.9 Å². The average Bonchev–Trinajstić information content (AvgIpc) is 2.09. The maximum absolute atomic E-state index is 11.4. The largest absolute Gasteiger partial charge is 0.391 e. The fourth-order valence-electron chi connectivity index (χ4n) is 1.64. The predicted molar refractivity (Wildman–Crippen MR) is 48.3 cm³/mol. The molecule has 1 saturated heterocycles. The van der Waals surface area contributed by atoms with E-state index in [1.807, 2.05) is 6.92 Å². The number of hydrogen-bond donors (Lipinski definition) is 1. The lowest BCUT2D eigenvalue weighted by molar-refractivity contribution is -0.141. The normalized spacial score (nSPS) is 29.0. The predicted octanol–water partition coefficient (Wildman–Crippen LogP) is 0.00460. The van der Waals surface area contributed by atoms with Crippen molar-refractivity contribution in [3.8, 4) is 0 Å². The zero-order chi connectivity index (χ0) is 9.84. The van der Waals surface area contributed by atoms with Crippen LogP contribution >= 0.6 is 0 Å². The Labute approximate surface area is 78.5 Å². The number of rotatable bonds is 2. The topological polar surface area (TPSA) is 49.8 Å². The molecule has 13 heavy (non-hydrogen) atoms. The van der Waals surface area contributed by atoms with Crippen molar-refractivity contribution in [3.05, 3.63) is 0 Å². The van der Waals surface area contributed by atoms with Crippen molar-refractivity contribution >= 4 is 5.91 Å². The molecule has 0 spiro atoms. The third-order valence-electron chi connectivity index (χ3n) is 2.45. The first-order valence-corrected chi connectivity index (χ1v) is 4.61. The van der Waals surface area contributed by atoms with Crippen LogP contribution in [0.15, 0.2) is 0 Å². The number of methoxy groups -OCH3 is 1. The highest BCUT2D eigenvalue weighted by Crippen LogP contribution is 2.16. The smallest absolute Gasteiger partial charge is 0.248 e. The fraction of sp³-hybridized carbons (Fsp3) is 0.889. The van der Waals surface area contributed by atoms with Crippen LogP contribution < -0.4 is 0 Å². The molecule has 0 saturated carbocycles. The summed E-state index contributed by atoms with van der Waals surface area (Å²) in [4.78, 5) is 13.1. The number of nitrogens with zero attached hydrogens (tertiary/aromatic N) is 1. The van der Waals surface area contributed by atoms with E-state index >= 15 is 0 Å². The number of piperidine rings is 1. The van der Waals surface area contributed by atoms with E-state index in [1.165, 1.54) is 7.11 Å². The van der Waals surface area contributed by atoms with E-state index in [0.29, 0.717) is 6.54 Å². The quantitative estimate of drug-likeness (QED) is 0.662. The molecule has 1 rings (SSSR count). The Morgan fingerprint density at radius 3 is 2.92 bits per heavy atom. The number of aliphatic hydroxyl groups is 1. The monoisotopic (exact) mass is 187 g/mol. The van der Waals surface area contributed by atoms with E-state index in [4.69, 9.17) is 4.74 Å². The van der Waals surface area contributed by atoms with Gasteiger partial charge in [0.2, 0.25) is 5.91 Å². The van der Waals surface area contributed by atoms with Gasteiger partial charge in [0.1, 0.15) is 6.61 Å². The zero-order valence-corrected chi connectivity index (χ0v) is 8.19. The first-order chi connectivity index (χ1) is 6.15. The molecule has 1 aliphatic heterocycles. The summed E-state index contributed by atoms with van der Waals surface area (Å²) in [7, 11) is 1.50. The summed E-state index contributed by atoms with van der Waals surface area (Å²) in [5, 5.41) is 9.38. The van der Waals surface area contributed by atoms with Gasteiger partial charge in [-0.15, -0.1) is 0 Å². The third-order valence-corrected chi connectivity index (χ3v) is 2.45. The maximum atomic E-state index is 11.4. The molecule has 76 valence electrons. The summed E-state index contributed by atoms with van der Waals surface area (Å²) in [6.07, 6.45) is 1.30. The lowest BCUT2D eigenvalue weighted by Crippen LogP contribution is -2.48. The molecular weight excluding hydrogens is 170 g/mol. The van der Waals surface area contributed by atoms with Gasteiger partial charge in [-0.2, -0.15) is 0 Å². The van der Waals surface area contributed by atoms with Crippen LogP contribution in [0.3, 0.4) is 0 Å². The Balaban J connectivity index is 2.50. The lowest BCUT2D eigenvalue weighted by Gasteiger charge is -2.35. The summed E-state index contributed by atoms with van der Waals surface area (Å²) in [5.74, 6) is -0.0336. The van der Waals surface area contributed by atoms with E-state index in [2.05, 4.69) is 0 Å². The molecule has 1 N–H and O–H groups in total. The molecule has 0 aromatic carbocycles. The summed E-state index contributed by atoms with van der Waals surface area (Å²) in [6, 6.07) is 0.228. The van der Waals surface area contributed by atoms with Crippen LogP contribution in [-0.2, 0) is 9.53 Å². The molecule has 0 aromatic rings. The minimum absolute atomic E-state index is 0.0336. The first-order valence-electron chi connectivity index (χ1n) is 4.61. The van der Waals surface area contributed by atoms with Crippen LogP contribution in [0, 0.1) is 0 Å². The van der Waals surface area contributed by atoms with Gasteiger partial charge in [-0.1, -0.05) is 0 Å². The standard InChI is InChI=1S/C9H17NO3/c1-7-3-4-8(11)5-10(7)9(12)6-13-2/h7-8,11H,3-6H2,1-2H3/t7-,8-/m0/s1. The molecule has 0 aliphatic carbocycles. The number of carbonyl (C=O) groups excluding carboxylic acids is 1. The molecule has 1 aliphatic rings. The number of ether oxygens (including phenoxy) is 1. The van der Waals surface area contributed by atoms with Gasteiger partial charge in [0, 0.05) is 19.7 Å². The number of likely N-dealkylation sites (tertiary alicyclic amines) is 1. The van der Waals surface area contributed by atoms with Crippen molar-refractivity contribution in [1.29, 1.82) is 0 Å². The van der Waals surface area contributed by atoms with E-state index in [0.717, 1.165) is 12.8 Å². The Hall–Kier alpha value is -0.610. The molecule has 0 radical (unpaired) electrons. The van der Waals surface area contributed by atoms with Gasteiger partial charge < -0.3 is 14.7 Å². The second-order valence-corrected chi connectivity index (χ2v) is 3.56. The van der Waals surface area contributed by atoms with Crippen LogP contribution in [0.5, 0.6) is 0 Å². The van der Waals surface area contributed by atoms with Crippen molar-refractivity contribution in [1.82, 2.24) is 4.90 Å². The average molecular weight is 187 g/mol. The second kappa shape index (κ2) is 4.58. The van der Waals surface area contributed by atoms with Crippen LogP contribution in [0.4, 0.5) is 0 Å². The van der Waals surface area contributed by atoms with Gasteiger partial charge in [-0.3, -0.25) is 4.79 Å². The number of carbonyl (C=O) groups is 1. The molecular formula is C9H17NO3. The number of amides is 1. The number of aliphatic hydroxyl groups excluding tert-OH is 1. The molecule has 0 unspecified atom stereocenters. The van der Waals surface area contributed by atoms with Crippen LogP contribution in [0.1, 0.15) is 19.8 Å². The van der Waals surface area contributed by atoms with Gasteiger partial charge in [-0.05, 0) is 19.8 Å². The fourth-order valence-corrected chi connectivity index (χ4v) is 1.64. The molecule has 1 fully saturated rings. The SMILES string of the molecule is COCC(=O)N1C[C@@H](O)CC[C@@H]1C. The second-order valence-electron chi connectivity index (χ2n) is 3.56. The van der Waals surface area contributed by atoms with Gasteiger partial charge in [0.25, 0.3) is 0 Å². The van der Waals surface area contributed by atoms with Crippen LogP contribution in [0.25, 0.3) is 0 Å². The number of hydrogen-bond acceptors (Lipinski definition) is 3. The third kappa shape index (κ3) is 2.67. The van der Waals surface area contributed by atoms with Crippen LogP contribution in [0.2, 0.25) is 0 Å². The molecule has 2 atom stereocenters. The zero-order valence-electron chi connectivity index (χ0n) is 8.19. The molecule has 0 bridgehead atoms. The highest BCUT2D eigenvalue weighted by molar-refractivity contribution is 5.77. The Morgan fingerprint density at radius 1 is 1.62 bits per heavy atom. The highest BCUT2D eigenvalue weighted by atomic mass is 16.5. The van der Waals surface area contributed by atoms with E-state index in [1.54, 1.807) is 4.90 Å². The van der Waals surface area contributed by atoms with E-state index in [9.17, 15) is 9.90 Å². The maximum Gasteiger partial charge on any atom is 0.248 e. The van der Waals surface area contributed by atoms with Crippen molar-refractivity contribution < 1.29 is 14.6 Å². The lowest BCUT2D eigenvalue weighted by atomic mass is 10.0. The van der Waals surface area contributed by atoms with Crippen molar-refractivity contribution in [2.75, 3.05) is 20.3 Å². The molecule has 1 amide bonds. The molecule has 0 aromatic heterocycles.